The van der Waals surface area contributed by atoms with Gasteiger partial charge in [0.15, 0.2) is 6.61 Å². The van der Waals surface area contributed by atoms with Gasteiger partial charge in [-0.3, -0.25) is 9.59 Å². The minimum atomic E-state index is -5.77. The van der Waals surface area contributed by atoms with Crippen molar-refractivity contribution in [3.05, 3.63) is 0 Å². The Morgan fingerprint density at radius 1 is 1.00 bits per heavy atom. The molecule has 0 rings (SSSR count). The summed E-state index contributed by atoms with van der Waals surface area (Å²) < 4.78 is 83.0. The Morgan fingerprint density at radius 2 is 1.50 bits per heavy atom. The predicted molar refractivity (Wildman–Crippen MR) is 71.1 cm³/mol. The summed E-state index contributed by atoms with van der Waals surface area (Å²) in [6.07, 6.45) is -11.2. The highest BCUT2D eigenvalue weighted by Gasteiger charge is 2.57. The van der Waals surface area contributed by atoms with Crippen LogP contribution in [0.4, 0.5) is 26.3 Å². The largest absolute Gasteiger partial charge is 0.462 e. The first kappa shape index (κ1) is 22.5. The first-order chi connectivity index (χ1) is 10.8. The normalized spacial score (nSPS) is 15.1. The van der Waals surface area contributed by atoms with E-state index in [1.807, 2.05) is 13.8 Å². The van der Waals surface area contributed by atoms with Gasteiger partial charge in [-0.2, -0.15) is 22.0 Å². The third kappa shape index (κ3) is 7.87. The Labute approximate surface area is 135 Å². The van der Waals surface area contributed by atoms with Crippen LogP contribution in [0.25, 0.3) is 0 Å². The van der Waals surface area contributed by atoms with Gasteiger partial charge in [-0.25, -0.2) is 4.39 Å². The zero-order valence-electron chi connectivity index (χ0n) is 13.5. The van der Waals surface area contributed by atoms with Gasteiger partial charge in [0.05, 0.1) is 12.8 Å². The lowest BCUT2D eigenvalue weighted by molar-refractivity contribution is -0.254. The maximum atomic E-state index is 12.9. The molecule has 24 heavy (non-hydrogen) atoms. The lowest BCUT2D eigenvalue weighted by Gasteiger charge is -2.22. The van der Waals surface area contributed by atoms with Crippen LogP contribution in [-0.4, -0.2) is 42.9 Å². The van der Waals surface area contributed by atoms with E-state index in [1.54, 1.807) is 6.92 Å². The molecule has 0 heterocycles. The molecule has 142 valence electrons. The average molecular weight is 366 g/mol. The molecule has 0 aromatic carbocycles. The summed E-state index contributed by atoms with van der Waals surface area (Å²) in [5.74, 6) is -6.98. The summed E-state index contributed by atoms with van der Waals surface area (Å²) in [5, 5.41) is 0. The summed E-state index contributed by atoms with van der Waals surface area (Å²) in [6, 6.07) is 0. The van der Waals surface area contributed by atoms with E-state index >= 15 is 0 Å². The van der Waals surface area contributed by atoms with Crippen molar-refractivity contribution in [1.82, 2.24) is 0 Å². The second kappa shape index (κ2) is 9.12. The summed E-state index contributed by atoms with van der Waals surface area (Å²) >= 11 is 0. The van der Waals surface area contributed by atoms with Crippen LogP contribution in [0.5, 0.6) is 0 Å². The summed E-state index contributed by atoms with van der Waals surface area (Å²) in [5.41, 5.74) is 0. The minimum absolute atomic E-state index is 0.0356. The molecule has 0 N–H and O–H groups in total. The Hall–Kier alpha value is -1.48. The molecule has 0 fully saturated rings. The van der Waals surface area contributed by atoms with E-state index in [-0.39, 0.29) is 12.0 Å². The van der Waals surface area contributed by atoms with Crippen molar-refractivity contribution < 1.29 is 45.4 Å². The first-order valence-corrected chi connectivity index (χ1v) is 7.25. The Balaban J connectivity index is 4.30. The molecule has 0 spiro atoms. The third-order valence-electron chi connectivity index (χ3n) is 3.05. The highest BCUT2D eigenvalue weighted by molar-refractivity contribution is 5.77. The van der Waals surface area contributed by atoms with Crippen LogP contribution in [0, 0.1) is 5.92 Å². The Kier molecular flexibility index (Phi) is 8.56. The van der Waals surface area contributed by atoms with Crippen LogP contribution in [0.3, 0.4) is 0 Å². The molecule has 0 saturated carbocycles. The molecule has 0 amide bonds. The van der Waals surface area contributed by atoms with E-state index < -0.39 is 49.7 Å². The number of carbonyl (C=O) groups excluding carboxylic acids is 2. The molecular formula is C14H20F6O4. The third-order valence-corrected chi connectivity index (χ3v) is 3.05. The van der Waals surface area contributed by atoms with Crippen LogP contribution in [0.1, 0.15) is 40.0 Å². The van der Waals surface area contributed by atoms with Crippen LogP contribution >= 0.6 is 0 Å². The Morgan fingerprint density at radius 3 is 1.92 bits per heavy atom. The van der Waals surface area contributed by atoms with Gasteiger partial charge in [0.1, 0.15) is 6.10 Å². The number of halogens is 6. The highest BCUT2D eigenvalue weighted by atomic mass is 19.4. The SMILES string of the molecule is CCC(OC(=O)CCC(=O)OCC(F)(F)C(F)C(F)(F)F)C(C)C. The van der Waals surface area contributed by atoms with Gasteiger partial charge >= 0.3 is 24.0 Å². The maximum absolute atomic E-state index is 12.9. The predicted octanol–water partition coefficient (Wildman–Crippen LogP) is 3.82. The zero-order chi connectivity index (χ0) is 19.1. The zero-order valence-corrected chi connectivity index (χ0v) is 13.5. The Bertz CT molecular complexity index is 422. The van der Waals surface area contributed by atoms with Gasteiger partial charge < -0.3 is 9.47 Å². The maximum Gasteiger partial charge on any atom is 0.425 e. The van der Waals surface area contributed by atoms with Crippen molar-refractivity contribution >= 4 is 11.9 Å². The fourth-order valence-corrected chi connectivity index (χ4v) is 1.68. The first-order valence-electron chi connectivity index (χ1n) is 7.25. The number of hydrogen-bond acceptors (Lipinski definition) is 4. The smallest absolute Gasteiger partial charge is 0.425 e. The molecule has 0 aliphatic carbocycles. The van der Waals surface area contributed by atoms with Gasteiger partial charge in [-0.05, 0) is 12.3 Å². The quantitative estimate of drug-likeness (QED) is 0.460. The van der Waals surface area contributed by atoms with Gasteiger partial charge in [0.25, 0.3) is 6.17 Å². The van der Waals surface area contributed by atoms with Crippen molar-refractivity contribution in [2.75, 3.05) is 6.61 Å². The number of hydrogen-bond donors (Lipinski definition) is 0. The molecule has 4 nitrogen and oxygen atoms in total. The van der Waals surface area contributed by atoms with Crippen molar-refractivity contribution in [3.63, 3.8) is 0 Å². The molecule has 0 aliphatic rings. The molecule has 0 radical (unpaired) electrons. The van der Waals surface area contributed by atoms with Crippen molar-refractivity contribution in [3.8, 4) is 0 Å². The molecular weight excluding hydrogens is 346 g/mol. The van der Waals surface area contributed by atoms with Crippen LogP contribution < -0.4 is 0 Å². The standard InChI is InChI=1S/C14H20F6O4/c1-4-9(8(2)3)24-11(22)6-5-10(21)23-7-13(16,17)12(15)14(18,19)20/h8-9,12H,4-7H2,1-3H3. The van der Waals surface area contributed by atoms with E-state index in [0.29, 0.717) is 6.42 Å². The van der Waals surface area contributed by atoms with Gasteiger partial charge in [-0.15, -0.1) is 0 Å². The lowest BCUT2D eigenvalue weighted by atomic mass is 10.1. The number of carbonyl (C=O) groups is 2. The van der Waals surface area contributed by atoms with Crippen molar-refractivity contribution in [1.29, 1.82) is 0 Å². The van der Waals surface area contributed by atoms with Gasteiger partial charge in [0.2, 0.25) is 0 Å². The van der Waals surface area contributed by atoms with Gasteiger partial charge in [0, 0.05) is 0 Å². The number of ether oxygens (including phenoxy) is 2. The number of esters is 2. The van der Waals surface area contributed by atoms with E-state index in [0.717, 1.165) is 0 Å². The van der Waals surface area contributed by atoms with Crippen molar-refractivity contribution in [2.45, 2.75) is 64.4 Å². The summed E-state index contributed by atoms with van der Waals surface area (Å²) in [6.45, 7) is 3.34. The van der Waals surface area contributed by atoms with E-state index in [4.69, 9.17) is 4.74 Å². The fourth-order valence-electron chi connectivity index (χ4n) is 1.68. The van der Waals surface area contributed by atoms with Gasteiger partial charge in [-0.1, -0.05) is 20.8 Å². The second-order valence-corrected chi connectivity index (χ2v) is 5.51. The summed E-state index contributed by atoms with van der Waals surface area (Å²) in [7, 11) is 0. The monoisotopic (exact) mass is 366 g/mol. The molecule has 0 aliphatic heterocycles. The molecule has 0 saturated heterocycles. The molecule has 2 unspecified atom stereocenters. The molecule has 2 atom stereocenters. The minimum Gasteiger partial charge on any atom is -0.462 e. The molecule has 0 bridgehead atoms. The molecule has 0 aromatic rings. The van der Waals surface area contributed by atoms with Crippen LogP contribution in [0.15, 0.2) is 0 Å². The lowest BCUT2D eigenvalue weighted by Crippen LogP contribution is -2.45. The van der Waals surface area contributed by atoms with Crippen molar-refractivity contribution in [2.24, 2.45) is 5.92 Å². The fraction of sp³-hybridized carbons (Fsp3) is 0.857. The van der Waals surface area contributed by atoms with Crippen LogP contribution in [-0.2, 0) is 19.1 Å². The molecule has 10 heteroatoms. The summed E-state index contributed by atoms with van der Waals surface area (Å²) in [4.78, 5) is 22.7. The number of alkyl halides is 6. The second-order valence-electron chi connectivity index (χ2n) is 5.51. The van der Waals surface area contributed by atoms with E-state index in [2.05, 4.69) is 4.74 Å². The highest BCUT2D eigenvalue weighted by Crippen LogP contribution is 2.35. The van der Waals surface area contributed by atoms with E-state index in [1.165, 1.54) is 0 Å². The topological polar surface area (TPSA) is 52.6 Å². The average Bonchev–Trinajstić information content (AvgIpc) is 2.46. The number of rotatable bonds is 9. The van der Waals surface area contributed by atoms with Crippen LogP contribution in [0.2, 0.25) is 0 Å². The van der Waals surface area contributed by atoms with E-state index in [9.17, 15) is 35.9 Å². The molecule has 0 aromatic heterocycles.